The number of aliphatic hydroxyl groups is 1. The number of nitrogens with one attached hydrogen (secondary N) is 1. The smallest absolute Gasteiger partial charge is 0.262 e. The predicted octanol–water partition coefficient (Wildman–Crippen LogP) is 6.79. The van der Waals surface area contributed by atoms with Crippen LogP contribution in [0.25, 0.3) is 0 Å². The van der Waals surface area contributed by atoms with Gasteiger partial charge in [-0.3, -0.25) is 14.5 Å². The third-order valence-corrected chi connectivity index (χ3v) is 11.0. The van der Waals surface area contributed by atoms with Gasteiger partial charge < -0.3 is 20.1 Å². The molecule has 0 spiro atoms. The lowest BCUT2D eigenvalue weighted by Gasteiger charge is -2.67. The Morgan fingerprint density at radius 2 is 1.24 bits per heavy atom. The van der Waals surface area contributed by atoms with Crippen LogP contribution in [0.3, 0.4) is 0 Å². The summed E-state index contributed by atoms with van der Waals surface area (Å²) in [5.74, 6) is -1.31. The number of amides is 2. The van der Waals surface area contributed by atoms with Crippen molar-refractivity contribution in [2.24, 2.45) is 0 Å². The van der Waals surface area contributed by atoms with E-state index in [-0.39, 0.29) is 0 Å². The first-order valence-corrected chi connectivity index (χ1v) is 14.6. The Labute approximate surface area is 250 Å². The summed E-state index contributed by atoms with van der Waals surface area (Å²) in [4.78, 5) is 29.9. The fraction of sp³-hybridized carbons (Fsp3) is 0.588. The van der Waals surface area contributed by atoms with Crippen molar-refractivity contribution in [3.05, 3.63) is 59.4 Å². The average Bonchev–Trinajstić information content (AvgIpc) is 3.09. The SMILES string of the molecule is CC1(C)OC(C)(C)C(C)(C)N(c2ccc(NC(C)(C)[C@@](C)(O)C(C)(C)N3C(=O)c4ccccc4C3=O)cc2F)C1(C)C. The molecule has 2 N–H and O–H groups in total. The van der Waals surface area contributed by atoms with E-state index < -0.39 is 56.6 Å². The number of rotatable bonds is 6. The Morgan fingerprint density at radius 3 is 1.67 bits per heavy atom. The summed E-state index contributed by atoms with van der Waals surface area (Å²) in [5, 5.41) is 15.4. The van der Waals surface area contributed by atoms with Crippen LogP contribution < -0.4 is 10.2 Å². The van der Waals surface area contributed by atoms with E-state index in [0.29, 0.717) is 22.5 Å². The number of hydrogen-bond acceptors (Lipinski definition) is 6. The minimum absolute atomic E-state index is 0.315. The number of carbonyl (C=O) groups excluding carboxylic acids is 2. The number of anilines is 2. The monoisotopic (exact) mass is 581 g/mol. The maximum atomic E-state index is 16.1. The maximum Gasteiger partial charge on any atom is 0.262 e. The lowest BCUT2D eigenvalue weighted by molar-refractivity contribution is -0.214. The summed E-state index contributed by atoms with van der Waals surface area (Å²) in [6.07, 6.45) is 0. The van der Waals surface area contributed by atoms with E-state index in [4.69, 9.17) is 4.74 Å². The molecule has 0 unspecified atom stereocenters. The van der Waals surface area contributed by atoms with Crippen LogP contribution in [0.1, 0.15) is 111 Å². The van der Waals surface area contributed by atoms with Crippen molar-refractivity contribution in [2.75, 3.05) is 10.2 Å². The van der Waals surface area contributed by atoms with E-state index in [1.807, 2.05) is 27.7 Å². The van der Waals surface area contributed by atoms with E-state index in [9.17, 15) is 14.7 Å². The number of morpholine rings is 1. The van der Waals surface area contributed by atoms with Crippen LogP contribution >= 0.6 is 0 Å². The van der Waals surface area contributed by atoms with Gasteiger partial charge in [-0.2, -0.15) is 0 Å². The van der Waals surface area contributed by atoms with Crippen LogP contribution in [0.2, 0.25) is 0 Å². The molecule has 2 aromatic rings. The molecule has 0 saturated carbocycles. The van der Waals surface area contributed by atoms with E-state index in [2.05, 4.69) is 37.9 Å². The highest BCUT2D eigenvalue weighted by Gasteiger charge is 2.61. The highest BCUT2D eigenvalue weighted by molar-refractivity contribution is 6.21. The van der Waals surface area contributed by atoms with E-state index in [0.717, 1.165) is 4.90 Å². The normalized spacial score (nSPS) is 22.5. The highest BCUT2D eigenvalue weighted by Crippen LogP contribution is 2.52. The molecule has 42 heavy (non-hydrogen) atoms. The zero-order valence-electron chi connectivity index (χ0n) is 27.5. The van der Waals surface area contributed by atoms with Crippen molar-refractivity contribution in [3.63, 3.8) is 0 Å². The second-order valence-corrected chi connectivity index (χ2v) is 15.1. The first-order valence-electron chi connectivity index (χ1n) is 14.6. The van der Waals surface area contributed by atoms with Crippen LogP contribution in [0.5, 0.6) is 0 Å². The Kier molecular flexibility index (Phi) is 7.05. The van der Waals surface area contributed by atoms with Gasteiger partial charge in [-0.25, -0.2) is 4.39 Å². The van der Waals surface area contributed by atoms with Crippen molar-refractivity contribution in [3.8, 4) is 0 Å². The van der Waals surface area contributed by atoms with Gasteiger partial charge in [0.2, 0.25) is 0 Å². The molecule has 0 aliphatic carbocycles. The van der Waals surface area contributed by atoms with E-state index >= 15 is 4.39 Å². The lowest BCUT2D eigenvalue weighted by Crippen LogP contribution is -2.78. The topological polar surface area (TPSA) is 82.1 Å². The standard InChI is InChI=1S/C34H48FN3O4/c1-28(2,34(13,41)31(7,8)37-26(39)22-16-14-15-17-23(22)27(37)40)36-21-18-19-25(24(35)20-21)38-29(3,4)32(9,10)42-33(11,12)30(38,5)6/h14-20,36,41H,1-13H3/t34-/m1/s1. The molecule has 2 heterocycles. The van der Waals surface area contributed by atoms with Crippen LogP contribution in [0, 0.1) is 5.82 Å². The van der Waals surface area contributed by atoms with Gasteiger partial charge in [-0.1, -0.05) is 12.1 Å². The lowest BCUT2D eigenvalue weighted by atomic mass is 9.70. The van der Waals surface area contributed by atoms with Gasteiger partial charge in [-0.05, 0) is 120 Å². The van der Waals surface area contributed by atoms with Gasteiger partial charge in [0.25, 0.3) is 11.8 Å². The Morgan fingerprint density at radius 1 is 0.786 bits per heavy atom. The summed E-state index contributed by atoms with van der Waals surface area (Å²) in [5.41, 5.74) is -4.80. The fourth-order valence-corrected chi connectivity index (χ4v) is 6.66. The van der Waals surface area contributed by atoms with Crippen LogP contribution in [-0.2, 0) is 4.74 Å². The number of fused-ring (bicyclic) bond motifs is 1. The van der Waals surface area contributed by atoms with Crippen LogP contribution in [-0.4, -0.2) is 60.8 Å². The minimum Gasteiger partial charge on any atom is -0.385 e. The number of carbonyl (C=O) groups is 2. The molecule has 0 radical (unpaired) electrons. The second-order valence-electron chi connectivity index (χ2n) is 15.1. The average molecular weight is 582 g/mol. The molecule has 2 amide bonds. The fourth-order valence-electron chi connectivity index (χ4n) is 6.66. The molecule has 1 atom stereocenters. The Hall–Kier alpha value is -2.97. The molecule has 1 fully saturated rings. The van der Waals surface area contributed by atoms with Gasteiger partial charge in [0, 0.05) is 5.69 Å². The number of nitrogens with zero attached hydrogens (tertiary/aromatic N) is 2. The largest absolute Gasteiger partial charge is 0.385 e. The number of benzene rings is 2. The number of imide groups is 1. The zero-order valence-corrected chi connectivity index (χ0v) is 27.5. The molecular formula is C34H48FN3O4. The highest BCUT2D eigenvalue weighted by atomic mass is 19.1. The van der Waals surface area contributed by atoms with Crippen molar-refractivity contribution < 1.29 is 23.8 Å². The van der Waals surface area contributed by atoms with Crippen molar-refractivity contribution >= 4 is 23.2 Å². The molecule has 2 aromatic carbocycles. The third-order valence-electron chi connectivity index (χ3n) is 11.0. The van der Waals surface area contributed by atoms with Gasteiger partial charge in [0.15, 0.2) is 0 Å². The molecular weight excluding hydrogens is 533 g/mol. The van der Waals surface area contributed by atoms with Crippen LogP contribution in [0.4, 0.5) is 15.8 Å². The van der Waals surface area contributed by atoms with Gasteiger partial charge in [0.1, 0.15) is 11.4 Å². The zero-order chi connectivity index (χ0) is 32.1. The predicted molar refractivity (Wildman–Crippen MR) is 166 cm³/mol. The van der Waals surface area contributed by atoms with E-state index in [1.165, 1.54) is 6.07 Å². The van der Waals surface area contributed by atoms with Crippen molar-refractivity contribution in [1.29, 1.82) is 0 Å². The molecule has 4 rings (SSSR count). The van der Waals surface area contributed by atoms with Crippen molar-refractivity contribution in [2.45, 2.75) is 129 Å². The second kappa shape index (κ2) is 9.26. The summed E-state index contributed by atoms with van der Waals surface area (Å²) >= 11 is 0. The molecule has 2 aliphatic heterocycles. The third kappa shape index (κ3) is 4.28. The minimum atomic E-state index is -1.65. The number of hydrogen-bond donors (Lipinski definition) is 2. The van der Waals surface area contributed by atoms with E-state index in [1.54, 1.807) is 71.0 Å². The number of ether oxygens (including phenoxy) is 1. The summed E-state index contributed by atoms with van der Waals surface area (Å²) < 4.78 is 22.7. The summed E-state index contributed by atoms with van der Waals surface area (Å²) in [6.45, 7) is 24.9. The maximum absolute atomic E-state index is 16.1. The van der Waals surface area contributed by atoms with Gasteiger partial charge in [-0.15, -0.1) is 0 Å². The van der Waals surface area contributed by atoms with Crippen molar-refractivity contribution in [1.82, 2.24) is 4.90 Å². The first kappa shape index (κ1) is 32.0. The van der Waals surface area contributed by atoms with Gasteiger partial charge >= 0.3 is 0 Å². The van der Waals surface area contributed by atoms with Gasteiger partial charge in [0.05, 0.1) is 50.2 Å². The summed E-state index contributed by atoms with van der Waals surface area (Å²) in [7, 11) is 0. The molecule has 2 aliphatic rings. The quantitative estimate of drug-likeness (QED) is 0.366. The Balaban J connectivity index is 1.68. The molecule has 0 bridgehead atoms. The molecule has 8 heteroatoms. The number of halogens is 1. The molecule has 7 nitrogen and oxygen atoms in total. The first-order chi connectivity index (χ1) is 18.8. The molecule has 1 saturated heterocycles. The summed E-state index contributed by atoms with van der Waals surface area (Å²) in [6, 6.07) is 11.7. The molecule has 230 valence electrons. The van der Waals surface area contributed by atoms with Crippen LogP contribution in [0.15, 0.2) is 42.5 Å². The Bertz CT molecular complexity index is 1380. The molecule has 0 aromatic heterocycles.